The maximum atomic E-state index is 12.0. The van der Waals surface area contributed by atoms with Crippen LogP contribution >= 0.6 is 0 Å². The molecule has 1 heterocycles. The van der Waals surface area contributed by atoms with Gasteiger partial charge in [-0.15, -0.1) is 0 Å². The molecule has 0 saturated carbocycles. The molecule has 0 bridgehead atoms. The molecule has 1 aromatic rings. The number of likely N-dealkylation sites (tertiary alicyclic amines) is 1. The number of hydrogen-bond acceptors (Lipinski definition) is 3. The first-order valence-corrected chi connectivity index (χ1v) is 6.54. The van der Waals surface area contributed by atoms with Crippen molar-refractivity contribution in [1.82, 2.24) is 4.90 Å². The second-order valence-corrected chi connectivity index (χ2v) is 4.84. The fourth-order valence-corrected chi connectivity index (χ4v) is 2.26. The molecule has 1 saturated heterocycles. The number of rotatable bonds is 4. The Morgan fingerprint density at radius 1 is 1.40 bits per heavy atom. The van der Waals surface area contributed by atoms with Gasteiger partial charge in [-0.3, -0.25) is 4.79 Å². The lowest BCUT2D eigenvalue weighted by atomic mass is 10.1. The van der Waals surface area contributed by atoms with E-state index in [-0.39, 0.29) is 18.1 Å². The van der Waals surface area contributed by atoms with E-state index in [1.165, 1.54) is 12.1 Å². The summed E-state index contributed by atoms with van der Waals surface area (Å²) >= 11 is 0. The van der Waals surface area contributed by atoms with Crippen LogP contribution in [0.15, 0.2) is 24.3 Å². The average molecular weight is 285 g/mol. The smallest absolute Gasteiger partial charge is 0.387 e. The molecule has 0 radical (unpaired) electrons. The number of amides is 1. The highest BCUT2D eigenvalue weighted by Gasteiger charge is 2.21. The molecule has 2 rings (SSSR count). The van der Waals surface area contributed by atoms with Crippen LogP contribution in [0.25, 0.3) is 0 Å². The van der Waals surface area contributed by atoms with Crippen molar-refractivity contribution in [2.24, 2.45) is 0 Å². The summed E-state index contributed by atoms with van der Waals surface area (Å²) in [6.07, 6.45) is 1.27. The summed E-state index contributed by atoms with van der Waals surface area (Å²) in [6, 6.07) is 6.02. The molecule has 1 aliphatic heterocycles. The third-order valence-corrected chi connectivity index (χ3v) is 3.25. The molecule has 0 unspecified atom stereocenters. The van der Waals surface area contributed by atoms with Gasteiger partial charge in [0.05, 0.1) is 12.5 Å². The minimum Gasteiger partial charge on any atom is -0.435 e. The van der Waals surface area contributed by atoms with Crippen LogP contribution in [0, 0.1) is 0 Å². The molecular weight excluding hydrogens is 268 g/mol. The highest BCUT2D eigenvalue weighted by atomic mass is 19.3. The molecule has 20 heavy (non-hydrogen) atoms. The van der Waals surface area contributed by atoms with E-state index in [1.807, 2.05) is 0 Å². The normalized spacial score (nSPS) is 19.2. The topological polar surface area (TPSA) is 49.8 Å². The molecule has 1 fully saturated rings. The van der Waals surface area contributed by atoms with Crippen molar-refractivity contribution in [3.05, 3.63) is 29.8 Å². The summed E-state index contributed by atoms with van der Waals surface area (Å²) in [4.78, 5) is 13.7. The quantitative estimate of drug-likeness (QED) is 0.918. The van der Waals surface area contributed by atoms with Crippen molar-refractivity contribution < 1.29 is 23.4 Å². The van der Waals surface area contributed by atoms with E-state index in [0.717, 1.165) is 18.4 Å². The lowest BCUT2D eigenvalue weighted by Crippen LogP contribution is -2.42. The second-order valence-electron chi connectivity index (χ2n) is 4.84. The molecule has 1 amide bonds. The van der Waals surface area contributed by atoms with Gasteiger partial charge >= 0.3 is 6.61 Å². The van der Waals surface area contributed by atoms with Gasteiger partial charge in [-0.1, -0.05) is 12.1 Å². The number of halogens is 2. The minimum atomic E-state index is -2.85. The predicted octanol–water partition coefficient (Wildman–Crippen LogP) is 1.81. The lowest BCUT2D eigenvalue weighted by molar-refractivity contribution is -0.133. The largest absolute Gasteiger partial charge is 0.435 e. The summed E-state index contributed by atoms with van der Waals surface area (Å²) in [5.41, 5.74) is 0.733. The molecule has 0 aliphatic carbocycles. The third-order valence-electron chi connectivity index (χ3n) is 3.25. The van der Waals surface area contributed by atoms with E-state index >= 15 is 0 Å². The van der Waals surface area contributed by atoms with Gasteiger partial charge < -0.3 is 14.7 Å². The second kappa shape index (κ2) is 6.65. The number of carbonyl (C=O) groups excluding carboxylic acids is 1. The van der Waals surface area contributed by atoms with Crippen LogP contribution in [-0.4, -0.2) is 41.7 Å². The SMILES string of the molecule is O=C(Cc1ccc(OC(F)F)cc1)N1CCC[C@H](O)C1. The molecule has 110 valence electrons. The molecular formula is C14H17F2NO3. The summed E-state index contributed by atoms with van der Waals surface area (Å²) in [5.74, 6) is 0.0101. The summed E-state index contributed by atoms with van der Waals surface area (Å²) in [5, 5.41) is 9.53. The predicted molar refractivity (Wildman–Crippen MR) is 68.6 cm³/mol. The lowest BCUT2D eigenvalue weighted by Gasteiger charge is -2.30. The van der Waals surface area contributed by atoms with E-state index in [1.54, 1.807) is 17.0 Å². The molecule has 1 atom stereocenters. The highest BCUT2D eigenvalue weighted by Crippen LogP contribution is 2.17. The van der Waals surface area contributed by atoms with Crippen molar-refractivity contribution in [3.8, 4) is 5.75 Å². The summed E-state index contributed by atoms with van der Waals surface area (Å²) in [6.45, 7) is -1.83. The van der Waals surface area contributed by atoms with Gasteiger partial charge in [-0.05, 0) is 30.5 Å². The van der Waals surface area contributed by atoms with Gasteiger partial charge in [0.2, 0.25) is 5.91 Å². The van der Waals surface area contributed by atoms with E-state index in [2.05, 4.69) is 4.74 Å². The molecule has 4 nitrogen and oxygen atoms in total. The average Bonchev–Trinajstić information content (AvgIpc) is 2.40. The van der Waals surface area contributed by atoms with E-state index in [0.29, 0.717) is 13.1 Å². The number of nitrogens with zero attached hydrogens (tertiary/aromatic N) is 1. The summed E-state index contributed by atoms with van der Waals surface area (Å²) < 4.78 is 28.3. The van der Waals surface area contributed by atoms with Gasteiger partial charge in [-0.25, -0.2) is 0 Å². The van der Waals surface area contributed by atoms with Gasteiger partial charge in [0.15, 0.2) is 0 Å². The standard InChI is InChI=1S/C14H17F2NO3/c15-14(16)20-12-5-3-10(4-6-12)8-13(19)17-7-1-2-11(18)9-17/h3-6,11,14,18H,1-2,7-9H2/t11-/m0/s1. The van der Waals surface area contributed by atoms with Crippen molar-refractivity contribution in [1.29, 1.82) is 0 Å². The monoisotopic (exact) mass is 285 g/mol. The van der Waals surface area contributed by atoms with Gasteiger partial charge in [0, 0.05) is 13.1 Å². The maximum absolute atomic E-state index is 12.0. The van der Waals surface area contributed by atoms with E-state index in [4.69, 9.17) is 0 Å². The van der Waals surface area contributed by atoms with Gasteiger partial charge in [0.25, 0.3) is 0 Å². The van der Waals surface area contributed by atoms with E-state index in [9.17, 15) is 18.7 Å². The van der Waals surface area contributed by atoms with E-state index < -0.39 is 12.7 Å². The first kappa shape index (κ1) is 14.7. The molecule has 0 aromatic heterocycles. The van der Waals surface area contributed by atoms with Crippen molar-refractivity contribution in [3.63, 3.8) is 0 Å². The number of ether oxygens (including phenoxy) is 1. The van der Waals surface area contributed by atoms with Crippen LogP contribution in [0.2, 0.25) is 0 Å². The number of alkyl halides is 2. The number of carbonyl (C=O) groups is 1. The Morgan fingerprint density at radius 2 is 2.10 bits per heavy atom. The Balaban J connectivity index is 1.90. The maximum Gasteiger partial charge on any atom is 0.387 e. The molecule has 0 spiro atoms. The highest BCUT2D eigenvalue weighted by molar-refractivity contribution is 5.79. The van der Waals surface area contributed by atoms with Crippen LogP contribution in [0.4, 0.5) is 8.78 Å². The number of piperidine rings is 1. The summed E-state index contributed by atoms with van der Waals surface area (Å²) in [7, 11) is 0. The molecule has 1 aromatic carbocycles. The Labute approximate surface area is 116 Å². The van der Waals surface area contributed by atoms with Crippen LogP contribution in [0.3, 0.4) is 0 Å². The fraction of sp³-hybridized carbons (Fsp3) is 0.500. The van der Waals surface area contributed by atoms with Crippen LogP contribution in [0.5, 0.6) is 5.75 Å². The number of aliphatic hydroxyl groups excluding tert-OH is 1. The molecule has 1 aliphatic rings. The molecule has 6 heteroatoms. The first-order chi connectivity index (χ1) is 9.54. The van der Waals surface area contributed by atoms with Crippen LogP contribution < -0.4 is 4.74 Å². The number of aliphatic hydroxyl groups is 1. The van der Waals surface area contributed by atoms with Gasteiger partial charge in [-0.2, -0.15) is 8.78 Å². The van der Waals surface area contributed by atoms with Crippen molar-refractivity contribution in [2.45, 2.75) is 32.0 Å². The van der Waals surface area contributed by atoms with Crippen LogP contribution in [-0.2, 0) is 11.2 Å². The van der Waals surface area contributed by atoms with Crippen molar-refractivity contribution >= 4 is 5.91 Å². The number of hydrogen-bond donors (Lipinski definition) is 1. The van der Waals surface area contributed by atoms with Crippen LogP contribution in [0.1, 0.15) is 18.4 Å². The Bertz CT molecular complexity index is 450. The Kier molecular flexibility index (Phi) is 4.89. The van der Waals surface area contributed by atoms with Gasteiger partial charge in [0.1, 0.15) is 5.75 Å². The zero-order chi connectivity index (χ0) is 14.5. The first-order valence-electron chi connectivity index (χ1n) is 6.54. The zero-order valence-electron chi connectivity index (χ0n) is 11.0. The number of benzene rings is 1. The number of β-amino-alcohol motifs (C(OH)–C–C–N with tert-alkyl or cyclic N) is 1. The Morgan fingerprint density at radius 3 is 2.70 bits per heavy atom. The minimum absolute atomic E-state index is 0.0636. The third kappa shape index (κ3) is 4.16. The zero-order valence-corrected chi connectivity index (χ0v) is 11.0. The Hall–Kier alpha value is -1.69. The fourth-order valence-electron chi connectivity index (χ4n) is 2.26. The van der Waals surface area contributed by atoms with Crippen molar-refractivity contribution in [2.75, 3.05) is 13.1 Å². The molecule has 1 N–H and O–H groups in total.